The Morgan fingerprint density at radius 3 is 2.19 bits per heavy atom. The van der Waals surface area contributed by atoms with E-state index in [9.17, 15) is 9.59 Å². The van der Waals surface area contributed by atoms with E-state index in [1.54, 1.807) is 35.1 Å². The molecule has 0 aliphatic carbocycles. The second-order valence-electron chi connectivity index (χ2n) is 6.73. The number of carbonyl (C=O) groups excluding carboxylic acids is 2. The standard InChI is InChI=1S/C20H24N4O2/c1-14-10-15(2)12-18(11-14)22-19-13-17(4-5-21-19)20(26)24-8-6-23(7-9-24)16(3)25/h4-5,10-13H,6-9H2,1-3H3,(H,21,22). The van der Waals surface area contributed by atoms with Crippen molar-refractivity contribution >= 4 is 23.3 Å². The van der Waals surface area contributed by atoms with Crippen LogP contribution in [0.15, 0.2) is 36.5 Å². The first-order valence-electron chi connectivity index (χ1n) is 8.78. The Bertz CT molecular complexity index is 806. The number of nitrogens with one attached hydrogen (secondary N) is 1. The molecule has 1 aromatic heterocycles. The van der Waals surface area contributed by atoms with Gasteiger partial charge in [0.1, 0.15) is 5.82 Å². The highest BCUT2D eigenvalue weighted by Gasteiger charge is 2.23. The van der Waals surface area contributed by atoms with Gasteiger partial charge in [-0.3, -0.25) is 9.59 Å². The van der Waals surface area contributed by atoms with Gasteiger partial charge in [-0.15, -0.1) is 0 Å². The summed E-state index contributed by atoms with van der Waals surface area (Å²) in [6.07, 6.45) is 1.64. The summed E-state index contributed by atoms with van der Waals surface area (Å²) in [5, 5.41) is 3.27. The van der Waals surface area contributed by atoms with E-state index in [1.165, 1.54) is 11.1 Å². The number of piperazine rings is 1. The van der Waals surface area contributed by atoms with Gasteiger partial charge in [0.25, 0.3) is 5.91 Å². The lowest BCUT2D eigenvalue weighted by Gasteiger charge is -2.34. The van der Waals surface area contributed by atoms with Gasteiger partial charge in [0, 0.05) is 50.6 Å². The fourth-order valence-corrected chi connectivity index (χ4v) is 3.23. The van der Waals surface area contributed by atoms with Gasteiger partial charge in [0.05, 0.1) is 0 Å². The van der Waals surface area contributed by atoms with E-state index in [0.717, 1.165) is 5.69 Å². The van der Waals surface area contributed by atoms with Crippen LogP contribution in [0.25, 0.3) is 0 Å². The Hall–Kier alpha value is -2.89. The van der Waals surface area contributed by atoms with E-state index in [2.05, 4.69) is 16.4 Å². The number of hydrogen-bond donors (Lipinski definition) is 1. The third-order valence-corrected chi connectivity index (χ3v) is 4.51. The molecular weight excluding hydrogens is 328 g/mol. The van der Waals surface area contributed by atoms with Gasteiger partial charge in [-0.05, 0) is 49.2 Å². The summed E-state index contributed by atoms with van der Waals surface area (Å²) < 4.78 is 0. The minimum atomic E-state index is -0.0286. The first-order valence-corrected chi connectivity index (χ1v) is 8.78. The molecule has 0 atom stereocenters. The molecule has 26 heavy (non-hydrogen) atoms. The Kier molecular flexibility index (Phi) is 5.21. The van der Waals surface area contributed by atoms with Gasteiger partial charge in [-0.2, -0.15) is 0 Å². The summed E-state index contributed by atoms with van der Waals surface area (Å²) in [6, 6.07) is 9.71. The van der Waals surface area contributed by atoms with Crippen molar-refractivity contribution in [3.8, 4) is 0 Å². The number of benzene rings is 1. The van der Waals surface area contributed by atoms with Gasteiger partial charge in [0.2, 0.25) is 5.91 Å². The van der Waals surface area contributed by atoms with Gasteiger partial charge in [-0.25, -0.2) is 4.98 Å². The monoisotopic (exact) mass is 352 g/mol. The van der Waals surface area contributed by atoms with Crippen LogP contribution < -0.4 is 5.32 Å². The maximum Gasteiger partial charge on any atom is 0.254 e. The average Bonchev–Trinajstić information content (AvgIpc) is 2.60. The molecule has 136 valence electrons. The highest BCUT2D eigenvalue weighted by molar-refractivity contribution is 5.95. The molecule has 0 unspecified atom stereocenters. The molecule has 1 aromatic carbocycles. The smallest absolute Gasteiger partial charge is 0.254 e. The van der Waals surface area contributed by atoms with E-state index in [0.29, 0.717) is 37.6 Å². The SMILES string of the molecule is CC(=O)N1CCN(C(=O)c2ccnc(Nc3cc(C)cc(C)c3)c2)CC1. The zero-order chi connectivity index (χ0) is 18.7. The zero-order valence-electron chi connectivity index (χ0n) is 15.5. The number of aryl methyl sites for hydroxylation is 2. The highest BCUT2D eigenvalue weighted by Crippen LogP contribution is 2.19. The van der Waals surface area contributed by atoms with Crippen LogP contribution in [0.4, 0.5) is 11.5 Å². The number of anilines is 2. The van der Waals surface area contributed by atoms with Crippen LogP contribution in [0, 0.1) is 13.8 Å². The molecule has 1 N–H and O–H groups in total. The molecule has 2 amide bonds. The lowest BCUT2D eigenvalue weighted by Crippen LogP contribution is -2.50. The quantitative estimate of drug-likeness (QED) is 0.922. The van der Waals surface area contributed by atoms with Crippen LogP contribution in [-0.2, 0) is 4.79 Å². The topological polar surface area (TPSA) is 65.5 Å². The number of nitrogens with zero attached hydrogens (tertiary/aromatic N) is 3. The maximum atomic E-state index is 12.8. The molecule has 6 nitrogen and oxygen atoms in total. The number of hydrogen-bond acceptors (Lipinski definition) is 4. The minimum absolute atomic E-state index is 0.0286. The van der Waals surface area contributed by atoms with Crippen LogP contribution in [0.1, 0.15) is 28.4 Å². The Balaban J connectivity index is 1.71. The van der Waals surface area contributed by atoms with Crippen molar-refractivity contribution in [1.29, 1.82) is 0 Å². The van der Waals surface area contributed by atoms with Crippen LogP contribution in [0.2, 0.25) is 0 Å². The van der Waals surface area contributed by atoms with E-state index >= 15 is 0 Å². The van der Waals surface area contributed by atoms with Crippen molar-refractivity contribution in [3.63, 3.8) is 0 Å². The van der Waals surface area contributed by atoms with Gasteiger partial charge >= 0.3 is 0 Å². The van der Waals surface area contributed by atoms with E-state index < -0.39 is 0 Å². The van der Waals surface area contributed by atoms with Crippen LogP contribution >= 0.6 is 0 Å². The molecule has 1 aliphatic heterocycles. The van der Waals surface area contributed by atoms with Crippen molar-refractivity contribution in [1.82, 2.24) is 14.8 Å². The first-order chi connectivity index (χ1) is 12.4. The molecule has 2 heterocycles. The van der Waals surface area contributed by atoms with Gasteiger partial charge in [-0.1, -0.05) is 6.07 Å². The lowest BCUT2D eigenvalue weighted by atomic mass is 10.1. The van der Waals surface area contributed by atoms with Gasteiger partial charge in [0.15, 0.2) is 0 Å². The van der Waals surface area contributed by atoms with Crippen molar-refractivity contribution < 1.29 is 9.59 Å². The zero-order valence-corrected chi connectivity index (χ0v) is 15.5. The molecule has 1 fully saturated rings. The van der Waals surface area contributed by atoms with Gasteiger partial charge < -0.3 is 15.1 Å². The number of amides is 2. The molecular formula is C20H24N4O2. The second-order valence-corrected chi connectivity index (χ2v) is 6.73. The van der Waals surface area contributed by atoms with Crippen LogP contribution in [-0.4, -0.2) is 52.8 Å². The fraction of sp³-hybridized carbons (Fsp3) is 0.350. The van der Waals surface area contributed by atoms with E-state index in [-0.39, 0.29) is 11.8 Å². The molecule has 1 aliphatic rings. The van der Waals surface area contributed by atoms with E-state index in [1.807, 2.05) is 26.0 Å². The summed E-state index contributed by atoms with van der Waals surface area (Å²) in [4.78, 5) is 32.0. The van der Waals surface area contributed by atoms with Crippen LogP contribution in [0.3, 0.4) is 0 Å². The summed E-state index contributed by atoms with van der Waals surface area (Å²) in [5.74, 6) is 0.670. The summed E-state index contributed by atoms with van der Waals surface area (Å²) in [7, 11) is 0. The van der Waals surface area contributed by atoms with Crippen LogP contribution in [0.5, 0.6) is 0 Å². The Morgan fingerprint density at radius 2 is 1.58 bits per heavy atom. The van der Waals surface area contributed by atoms with Crippen molar-refractivity contribution in [2.75, 3.05) is 31.5 Å². The van der Waals surface area contributed by atoms with Crippen molar-refractivity contribution in [2.24, 2.45) is 0 Å². The Morgan fingerprint density at radius 1 is 0.962 bits per heavy atom. The fourth-order valence-electron chi connectivity index (χ4n) is 3.23. The summed E-state index contributed by atoms with van der Waals surface area (Å²) >= 11 is 0. The molecule has 0 saturated carbocycles. The molecule has 0 spiro atoms. The molecule has 0 bridgehead atoms. The molecule has 1 saturated heterocycles. The normalized spacial score (nSPS) is 14.3. The highest BCUT2D eigenvalue weighted by atomic mass is 16.2. The molecule has 0 radical (unpaired) electrons. The first kappa shape index (κ1) is 17.9. The number of pyridine rings is 1. The average molecular weight is 352 g/mol. The predicted octanol–water partition coefficient (Wildman–Crippen LogP) is 2.75. The second kappa shape index (κ2) is 7.56. The van der Waals surface area contributed by atoms with Crippen molar-refractivity contribution in [3.05, 3.63) is 53.2 Å². The third-order valence-electron chi connectivity index (χ3n) is 4.51. The minimum Gasteiger partial charge on any atom is -0.340 e. The third kappa shape index (κ3) is 4.20. The molecule has 3 rings (SSSR count). The maximum absolute atomic E-state index is 12.8. The predicted molar refractivity (Wildman–Crippen MR) is 102 cm³/mol. The van der Waals surface area contributed by atoms with E-state index in [4.69, 9.17) is 0 Å². The molecule has 2 aromatic rings. The number of carbonyl (C=O) groups is 2. The largest absolute Gasteiger partial charge is 0.340 e. The molecule has 6 heteroatoms. The summed E-state index contributed by atoms with van der Waals surface area (Å²) in [5.41, 5.74) is 3.89. The summed E-state index contributed by atoms with van der Waals surface area (Å²) in [6.45, 7) is 7.94. The van der Waals surface area contributed by atoms with Crippen molar-refractivity contribution in [2.45, 2.75) is 20.8 Å². The Labute approximate surface area is 153 Å². The number of rotatable bonds is 3. The number of aromatic nitrogens is 1. The lowest BCUT2D eigenvalue weighted by molar-refractivity contribution is -0.130.